The molecule has 0 spiro atoms. The lowest BCUT2D eigenvalue weighted by molar-refractivity contribution is -0.128. The van der Waals surface area contributed by atoms with Gasteiger partial charge in [-0.05, 0) is 38.5 Å². The summed E-state index contributed by atoms with van der Waals surface area (Å²) in [6.07, 6.45) is 0.413. The van der Waals surface area contributed by atoms with Gasteiger partial charge in [0, 0.05) is 25.6 Å². The molecule has 2 N–H and O–H groups in total. The van der Waals surface area contributed by atoms with E-state index < -0.39 is 5.60 Å². The van der Waals surface area contributed by atoms with Gasteiger partial charge in [-0.3, -0.25) is 4.79 Å². The Morgan fingerprint density at radius 3 is 2.43 bits per heavy atom. The molecule has 1 amide bonds. The van der Waals surface area contributed by atoms with Crippen LogP contribution in [0.2, 0.25) is 0 Å². The predicted octanol–water partition coefficient (Wildman–Crippen LogP) is 1.70. The molecule has 1 aromatic carbocycles. The molecule has 1 saturated heterocycles. The Bertz CT molecular complexity index is 531. The number of nitrogens with zero attached hydrogens (tertiary/aromatic N) is 1. The summed E-state index contributed by atoms with van der Waals surface area (Å²) >= 11 is 0. The zero-order chi connectivity index (χ0) is 15.6. The lowest BCUT2D eigenvalue weighted by Gasteiger charge is -2.20. The highest BCUT2D eigenvalue weighted by molar-refractivity contribution is 5.89. The van der Waals surface area contributed by atoms with E-state index >= 15 is 0 Å². The summed E-state index contributed by atoms with van der Waals surface area (Å²) in [5, 5.41) is 0. The maximum absolute atomic E-state index is 11.9. The second kappa shape index (κ2) is 5.85. The fourth-order valence-electron chi connectivity index (χ4n) is 2.26. The van der Waals surface area contributed by atoms with Crippen molar-refractivity contribution >= 4 is 11.9 Å². The van der Waals surface area contributed by atoms with Gasteiger partial charge in [-0.1, -0.05) is 12.1 Å². The molecule has 1 unspecified atom stereocenters. The molecular weight excluding hydrogens is 268 g/mol. The zero-order valence-electron chi connectivity index (χ0n) is 12.8. The third-order valence-electron chi connectivity index (χ3n) is 3.21. The van der Waals surface area contributed by atoms with Crippen LogP contribution in [0.15, 0.2) is 24.3 Å². The minimum atomic E-state index is -0.506. The lowest BCUT2D eigenvalue weighted by atomic mass is 10.1. The Labute approximate surface area is 125 Å². The number of ether oxygens (including phenoxy) is 1. The van der Waals surface area contributed by atoms with Crippen LogP contribution in [0.25, 0.3) is 0 Å². The standard InChI is InChI=1S/C16H22N2O3/c1-16(2,3)21-15(20)12-6-4-11(5-7-12)9-18-10-13(17)8-14(18)19/h4-7,13H,8-10,17H2,1-3H3. The topological polar surface area (TPSA) is 72.6 Å². The smallest absolute Gasteiger partial charge is 0.338 e. The Kier molecular flexibility index (Phi) is 4.32. The molecule has 1 fully saturated rings. The van der Waals surface area contributed by atoms with Crippen molar-refractivity contribution in [3.8, 4) is 0 Å². The number of amides is 1. The van der Waals surface area contributed by atoms with Crippen LogP contribution in [0.5, 0.6) is 0 Å². The van der Waals surface area contributed by atoms with Gasteiger partial charge in [0.15, 0.2) is 0 Å². The number of carbonyl (C=O) groups excluding carboxylic acids is 2. The molecule has 1 aliphatic rings. The number of hydrogen-bond donors (Lipinski definition) is 1. The Morgan fingerprint density at radius 1 is 1.33 bits per heavy atom. The normalized spacial score (nSPS) is 19.0. The molecule has 5 heteroatoms. The SMILES string of the molecule is CC(C)(C)OC(=O)c1ccc(CN2CC(N)CC2=O)cc1. The van der Waals surface area contributed by atoms with E-state index in [1.807, 2.05) is 32.9 Å². The van der Waals surface area contributed by atoms with Gasteiger partial charge in [0.2, 0.25) is 5.91 Å². The number of likely N-dealkylation sites (tertiary alicyclic amines) is 1. The van der Waals surface area contributed by atoms with Gasteiger partial charge in [0.25, 0.3) is 0 Å². The molecule has 114 valence electrons. The summed E-state index contributed by atoms with van der Waals surface area (Å²) in [6.45, 7) is 6.62. The summed E-state index contributed by atoms with van der Waals surface area (Å²) in [7, 11) is 0. The van der Waals surface area contributed by atoms with E-state index in [4.69, 9.17) is 10.5 Å². The van der Waals surface area contributed by atoms with Crippen molar-refractivity contribution in [2.24, 2.45) is 5.73 Å². The third kappa shape index (κ3) is 4.29. The number of esters is 1. The maximum atomic E-state index is 11.9. The second-order valence-corrected chi connectivity index (χ2v) is 6.44. The summed E-state index contributed by atoms with van der Waals surface area (Å²) in [5.41, 5.74) is 6.75. The van der Waals surface area contributed by atoms with Crippen molar-refractivity contribution in [2.45, 2.75) is 45.4 Å². The van der Waals surface area contributed by atoms with Gasteiger partial charge in [0.1, 0.15) is 5.60 Å². The van der Waals surface area contributed by atoms with Gasteiger partial charge in [0.05, 0.1) is 5.56 Å². The van der Waals surface area contributed by atoms with Crippen LogP contribution in [0, 0.1) is 0 Å². The molecule has 1 aromatic rings. The molecule has 0 aliphatic carbocycles. The maximum Gasteiger partial charge on any atom is 0.338 e. The predicted molar refractivity (Wildman–Crippen MR) is 79.6 cm³/mol. The van der Waals surface area contributed by atoms with Crippen LogP contribution in [-0.2, 0) is 16.1 Å². The summed E-state index contributed by atoms with van der Waals surface area (Å²) < 4.78 is 5.31. The van der Waals surface area contributed by atoms with Crippen LogP contribution in [0.3, 0.4) is 0 Å². The van der Waals surface area contributed by atoms with Crippen molar-refractivity contribution in [3.05, 3.63) is 35.4 Å². The zero-order valence-corrected chi connectivity index (χ0v) is 12.8. The van der Waals surface area contributed by atoms with Gasteiger partial charge < -0.3 is 15.4 Å². The second-order valence-electron chi connectivity index (χ2n) is 6.44. The van der Waals surface area contributed by atoms with Gasteiger partial charge in [-0.15, -0.1) is 0 Å². The van der Waals surface area contributed by atoms with Crippen LogP contribution < -0.4 is 5.73 Å². The average molecular weight is 290 g/mol. The highest BCUT2D eigenvalue weighted by atomic mass is 16.6. The quantitative estimate of drug-likeness (QED) is 0.860. The highest BCUT2D eigenvalue weighted by Gasteiger charge is 2.26. The van der Waals surface area contributed by atoms with Crippen molar-refractivity contribution in [2.75, 3.05) is 6.54 Å². The molecule has 21 heavy (non-hydrogen) atoms. The van der Waals surface area contributed by atoms with E-state index in [-0.39, 0.29) is 17.9 Å². The summed E-state index contributed by atoms with van der Waals surface area (Å²) in [6, 6.07) is 7.07. The summed E-state index contributed by atoms with van der Waals surface area (Å²) in [4.78, 5) is 25.3. The minimum absolute atomic E-state index is 0.0708. The van der Waals surface area contributed by atoms with Crippen LogP contribution in [0.1, 0.15) is 43.1 Å². The van der Waals surface area contributed by atoms with E-state index in [1.165, 1.54) is 0 Å². The molecule has 0 aromatic heterocycles. The van der Waals surface area contributed by atoms with Crippen LogP contribution >= 0.6 is 0 Å². The van der Waals surface area contributed by atoms with E-state index in [1.54, 1.807) is 17.0 Å². The average Bonchev–Trinajstić information content (AvgIpc) is 2.66. The molecular formula is C16H22N2O3. The van der Waals surface area contributed by atoms with Crippen molar-refractivity contribution in [3.63, 3.8) is 0 Å². The van der Waals surface area contributed by atoms with Gasteiger partial charge >= 0.3 is 5.97 Å². The first-order valence-corrected chi connectivity index (χ1v) is 7.10. The summed E-state index contributed by atoms with van der Waals surface area (Å²) in [5.74, 6) is -0.257. The number of hydrogen-bond acceptors (Lipinski definition) is 4. The molecule has 0 radical (unpaired) electrons. The van der Waals surface area contributed by atoms with Gasteiger partial charge in [-0.2, -0.15) is 0 Å². The fraction of sp³-hybridized carbons (Fsp3) is 0.500. The molecule has 1 atom stereocenters. The number of rotatable bonds is 3. The Hall–Kier alpha value is -1.88. The molecule has 1 aliphatic heterocycles. The van der Waals surface area contributed by atoms with E-state index in [0.717, 1.165) is 5.56 Å². The van der Waals surface area contributed by atoms with E-state index in [2.05, 4.69) is 0 Å². The van der Waals surface area contributed by atoms with E-state index in [0.29, 0.717) is 25.1 Å². The number of benzene rings is 1. The molecule has 0 bridgehead atoms. The van der Waals surface area contributed by atoms with Crippen molar-refractivity contribution in [1.29, 1.82) is 0 Å². The Balaban J connectivity index is 1.99. The first-order chi connectivity index (χ1) is 9.74. The molecule has 5 nitrogen and oxygen atoms in total. The van der Waals surface area contributed by atoms with Crippen molar-refractivity contribution in [1.82, 2.24) is 4.90 Å². The molecule has 2 rings (SSSR count). The van der Waals surface area contributed by atoms with Crippen LogP contribution in [-0.4, -0.2) is 35.0 Å². The lowest BCUT2D eigenvalue weighted by Crippen LogP contribution is -2.27. The first kappa shape index (κ1) is 15.5. The minimum Gasteiger partial charge on any atom is -0.456 e. The Morgan fingerprint density at radius 2 is 1.95 bits per heavy atom. The number of carbonyl (C=O) groups is 2. The highest BCUT2D eigenvalue weighted by Crippen LogP contribution is 2.16. The van der Waals surface area contributed by atoms with Crippen molar-refractivity contribution < 1.29 is 14.3 Å². The molecule has 1 heterocycles. The molecule has 0 saturated carbocycles. The number of nitrogens with two attached hydrogens (primary N) is 1. The van der Waals surface area contributed by atoms with Crippen LogP contribution in [0.4, 0.5) is 0 Å². The largest absolute Gasteiger partial charge is 0.456 e. The third-order valence-corrected chi connectivity index (χ3v) is 3.21. The van der Waals surface area contributed by atoms with E-state index in [9.17, 15) is 9.59 Å². The fourth-order valence-corrected chi connectivity index (χ4v) is 2.26. The van der Waals surface area contributed by atoms with Gasteiger partial charge in [-0.25, -0.2) is 4.79 Å². The monoisotopic (exact) mass is 290 g/mol. The first-order valence-electron chi connectivity index (χ1n) is 7.10.